The molecule has 0 aliphatic rings. The number of hydrogen-bond donors (Lipinski definition) is 0. The van der Waals surface area contributed by atoms with Crippen molar-refractivity contribution in [1.82, 2.24) is 0 Å². The predicted molar refractivity (Wildman–Crippen MR) is 33.9 cm³/mol. The molecule has 0 atom stereocenters. The van der Waals surface area contributed by atoms with Gasteiger partial charge in [-0.3, -0.25) is 9.59 Å². The Morgan fingerprint density at radius 3 is 1.31 bits per heavy atom. The number of ketones is 2. The number of carboxylic acids is 2. The van der Waals surface area contributed by atoms with Crippen molar-refractivity contribution >= 4 is 23.5 Å². The van der Waals surface area contributed by atoms with Crippen molar-refractivity contribution in [2.24, 2.45) is 0 Å². The Morgan fingerprint density at radius 2 is 1.08 bits per heavy atom. The molecule has 0 aliphatic heterocycles. The average Bonchev–Trinajstić information content (AvgIpc) is 2.03. The number of carbonyl (C=O) groups excluding carboxylic acids is 4. The minimum Gasteiger partial charge on any atom is -0.542 e. The van der Waals surface area contributed by atoms with Gasteiger partial charge < -0.3 is 19.8 Å². The summed E-state index contributed by atoms with van der Waals surface area (Å²) in [6, 6.07) is 0. The van der Waals surface area contributed by atoms with Crippen LogP contribution in [0.5, 0.6) is 0 Å². The summed E-state index contributed by atoms with van der Waals surface area (Å²) in [4.78, 5) is 40.4. The zero-order valence-electron chi connectivity index (χ0n) is 6.57. The zero-order valence-corrected chi connectivity index (χ0v) is 6.57. The Bertz CT molecular complexity index is 228. The second-order valence-electron chi connectivity index (χ2n) is 2.27. The van der Waals surface area contributed by atoms with Gasteiger partial charge in [-0.05, 0) is 6.42 Å². The first-order valence-corrected chi connectivity index (χ1v) is 3.43. The Hall–Kier alpha value is -1.72. The summed E-state index contributed by atoms with van der Waals surface area (Å²) < 4.78 is 0. The Kier molecular flexibility index (Phi) is 4.36. The predicted octanol–water partition coefficient (Wildman–Crippen LogP) is -3.21. The first-order chi connectivity index (χ1) is 5.95. The molecule has 13 heavy (non-hydrogen) atoms. The van der Waals surface area contributed by atoms with E-state index in [4.69, 9.17) is 0 Å². The lowest BCUT2D eigenvalue weighted by Gasteiger charge is -2.01. The minimum absolute atomic E-state index is 0.125. The van der Waals surface area contributed by atoms with Crippen LogP contribution in [0.25, 0.3) is 0 Å². The fourth-order valence-corrected chi connectivity index (χ4v) is 0.614. The van der Waals surface area contributed by atoms with Gasteiger partial charge in [0.2, 0.25) is 0 Å². The zero-order chi connectivity index (χ0) is 10.4. The maximum atomic E-state index is 10.4. The van der Waals surface area contributed by atoms with Crippen LogP contribution in [0.15, 0.2) is 0 Å². The summed E-state index contributed by atoms with van der Waals surface area (Å²) in [5, 5.41) is 19.7. The number of Topliss-reactive ketones (excluding diaryl/α,β-unsaturated/α-hetero) is 2. The summed E-state index contributed by atoms with van der Waals surface area (Å²) in [5.41, 5.74) is 0. The third-order valence-corrected chi connectivity index (χ3v) is 1.26. The van der Waals surface area contributed by atoms with Crippen molar-refractivity contribution in [2.45, 2.75) is 19.3 Å². The van der Waals surface area contributed by atoms with E-state index in [1.807, 2.05) is 0 Å². The van der Waals surface area contributed by atoms with Crippen LogP contribution in [0.2, 0.25) is 0 Å². The van der Waals surface area contributed by atoms with Gasteiger partial charge in [0, 0.05) is 12.8 Å². The fraction of sp³-hybridized carbons (Fsp3) is 0.429. The third kappa shape index (κ3) is 4.67. The molecule has 0 unspecified atom stereocenters. The van der Waals surface area contributed by atoms with Crippen LogP contribution in [-0.2, 0) is 19.2 Å². The number of aliphatic carboxylic acids is 2. The Balaban J connectivity index is 3.69. The van der Waals surface area contributed by atoms with Crippen LogP contribution >= 0.6 is 0 Å². The quantitative estimate of drug-likeness (QED) is 0.403. The van der Waals surface area contributed by atoms with Crippen LogP contribution in [-0.4, -0.2) is 23.5 Å². The van der Waals surface area contributed by atoms with Crippen molar-refractivity contribution in [2.75, 3.05) is 0 Å². The monoisotopic (exact) mass is 186 g/mol. The maximum absolute atomic E-state index is 10.4. The molecule has 0 aliphatic carbocycles. The van der Waals surface area contributed by atoms with Gasteiger partial charge in [-0.25, -0.2) is 0 Å². The van der Waals surface area contributed by atoms with Crippen LogP contribution < -0.4 is 10.2 Å². The topological polar surface area (TPSA) is 114 Å². The standard InChI is InChI=1S/C7H8O6/c8-4(6(10)11)2-1-3-5(9)7(12)13/h1-3H2,(H,10,11)(H,12,13)/p-2. The van der Waals surface area contributed by atoms with E-state index in [0.29, 0.717) is 0 Å². The molecule has 0 rings (SSSR count). The lowest BCUT2D eigenvalue weighted by Crippen LogP contribution is -2.33. The largest absolute Gasteiger partial charge is 0.542 e. The molecule has 0 saturated carbocycles. The third-order valence-electron chi connectivity index (χ3n) is 1.26. The Morgan fingerprint density at radius 1 is 0.769 bits per heavy atom. The van der Waals surface area contributed by atoms with Gasteiger partial charge >= 0.3 is 0 Å². The highest BCUT2D eigenvalue weighted by molar-refractivity contribution is 6.32. The highest BCUT2D eigenvalue weighted by Gasteiger charge is 2.06. The molecule has 6 heteroatoms. The molecule has 0 N–H and O–H groups in total. The molecule has 0 aromatic carbocycles. The molecule has 6 nitrogen and oxygen atoms in total. The molecule has 0 radical (unpaired) electrons. The second-order valence-corrected chi connectivity index (χ2v) is 2.27. The van der Waals surface area contributed by atoms with Gasteiger partial charge in [-0.15, -0.1) is 0 Å². The number of rotatable bonds is 6. The molecule has 0 amide bonds. The molecule has 72 valence electrons. The fourth-order valence-electron chi connectivity index (χ4n) is 0.614. The maximum Gasteiger partial charge on any atom is 0.178 e. The number of carbonyl (C=O) groups is 4. The van der Waals surface area contributed by atoms with Gasteiger partial charge in [-0.1, -0.05) is 0 Å². The molecular formula is C7H6O6-2. The first-order valence-electron chi connectivity index (χ1n) is 3.43. The van der Waals surface area contributed by atoms with Gasteiger partial charge in [0.1, 0.15) is 11.9 Å². The molecular weight excluding hydrogens is 180 g/mol. The van der Waals surface area contributed by atoms with Crippen molar-refractivity contribution < 1.29 is 29.4 Å². The minimum atomic E-state index is -1.83. The summed E-state index contributed by atoms with van der Waals surface area (Å²) in [5.74, 6) is -5.96. The van der Waals surface area contributed by atoms with Gasteiger partial charge in [0.15, 0.2) is 11.6 Å². The summed E-state index contributed by atoms with van der Waals surface area (Å²) >= 11 is 0. The highest BCUT2D eigenvalue weighted by Crippen LogP contribution is 1.96. The lowest BCUT2D eigenvalue weighted by atomic mass is 10.1. The summed E-state index contributed by atoms with van der Waals surface area (Å²) in [6.45, 7) is 0. The van der Waals surface area contributed by atoms with E-state index < -0.39 is 36.3 Å². The molecule has 0 aromatic rings. The molecule has 0 bridgehead atoms. The number of carboxylic acid groups (broad SMARTS) is 2. The summed E-state index contributed by atoms with van der Waals surface area (Å²) in [7, 11) is 0. The van der Waals surface area contributed by atoms with Crippen molar-refractivity contribution in [3.8, 4) is 0 Å². The van der Waals surface area contributed by atoms with E-state index in [1.54, 1.807) is 0 Å². The normalized spacial score (nSPS) is 9.23. The van der Waals surface area contributed by atoms with E-state index >= 15 is 0 Å². The van der Waals surface area contributed by atoms with E-state index in [-0.39, 0.29) is 6.42 Å². The van der Waals surface area contributed by atoms with Crippen molar-refractivity contribution in [3.05, 3.63) is 0 Å². The van der Waals surface area contributed by atoms with E-state index in [2.05, 4.69) is 0 Å². The van der Waals surface area contributed by atoms with Crippen LogP contribution in [0, 0.1) is 0 Å². The van der Waals surface area contributed by atoms with Gasteiger partial charge in [-0.2, -0.15) is 0 Å². The van der Waals surface area contributed by atoms with Gasteiger partial charge in [0.05, 0.1) is 0 Å². The highest BCUT2D eigenvalue weighted by atomic mass is 16.4. The molecule has 0 aromatic heterocycles. The van der Waals surface area contributed by atoms with E-state index in [1.165, 1.54) is 0 Å². The van der Waals surface area contributed by atoms with Gasteiger partial charge in [0.25, 0.3) is 0 Å². The van der Waals surface area contributed by atoms with E-state index in [9.17, 15) is 29.4 Å². The SMILES string of the molecule is O=C([O-])C(=O)CCCC(=O)C(=O)[O-]. The smallest absolute Gasteiger partial charge is 0.178 e. The molecule has 0 fully saturated rings. The second kappa shape index (κ2) is 5.02. The van der Waals surface area contributed by atoms with E-state index in [0.717, 1.165) is 0 Å². The first kappa shape index (κ1) is 11.3. The summed E-state index contributed by atoms with van der Waals surface area (Å²) in [6.07, 6.45) is -0.928. The number of hydrogen-bond acceptors (Lipinski definition) is 6. The van der Waals surface area contributed by atoms with Crippen molar-refractivity contribution in [3.63, 3.8) is 0 Å². The average molecular weight is 186 g/mol. The Labute approximate surface area is 73.2 Å². The van der Waals surface area contributed by atoms with Crippen LogP contribution in [0.3, 0.4) is 0 Å². The lowest BCUT2D eigenvalue weighted by molar-refractivity contribution is -0.300. The van der Waals surface area contributed by atoms with Crippen molar-refractivity contribution in [1.29, 1.82) is 0 Å². The molecule has 0 saturated heterocycles. The molecule has 0 heterocycles. The van der Waals surface area contributed by atoms with Crippen LogP contribution in [0.4, 0.5) is 0 Å². The van der Waals surface area contributed by atoms with Crippen LogP contribution in [0.1, 0.15) is 19.3 Å². The molecule has 0 spiro atoms.